The Morgan fingerprint density at radius 1 is 1.38 bits per heavy atom. The minimum atomic E-state index is -0.303. The van der Waals surface area contributed by atoms with Gasteiger partial charge in [-0.2, -0.15) is 0 Å². The Labute approximate surface area is 95.0 Å². The molecule has 16 heavy (non-hydrogen) atoms. The molecule has 0 amide bonds. The third-order valence-corrected chi connectivity index (χ3v) is 3.08. The molecule has 0 unspecified atom stereocenters. The molecule has 1 saturated heterocycles. The first-order valence-corrected chi connectivity index (χ1v) is 5.63. The van der Waals surface area contributed by atoms with Gasteiger partial charge in [0.25, 0.3) is 5.69 Å². The molecule has 0 saturated carbocycles. The largest absolute Gasteiger partial charge is 0.299 e. The van der Waals surface area contributed by atoms with E-state index in [0.717, 1.165) is 30.8 Å². The molecule has 0 radical (unpaired) electrons. The molecule has 4 heteroatoms. The van der Waals surface area contributed by atoms with E-state index in [1.54, 1.807) is 13.0 Å². The highest BCUT2D eigenvalue weighted by Gasteiger charge is 2.15. The highest BCUT2D eigenvalue weighted by Crippen LogP contribution is 2.21. The van der Waals surface area contributed by atoms with Gasteiger partial charge in [0.05, 0.1) is 4.92 Å². The van der Waals surface area contributed by atoms with Crippen molar-refractivity contribution in [1.29, 1.82) is 0 Å². The van der Waals surface area contributed by atoms with E-state index < -0.39 is 0 Å². The molecule has 0 bridgehead atoms. The molecule has 0 aromatic heterocycles. The van der Waals surface area contributed by atoms with Crippen LogP contribution in [0.15, 0.2) is 18.2 Å². The van der Waals surface area contributed by atoms with Crippen molar-refractivity contribution < 1.29 is 4.92 Å². The summed E-state index contributed by atoms with van der Waals surface area (Å²) in [5.41, 5.74) is 2.01. The number of benzene rings is 1. The lowest BCUT2D eigenvalue weighted by molar-refractivity contribution is -0.385. The summed E-state index contributed by atoms with van der Waals surface area (Å²) in [6, 6.07) is 5.53. The van der Waals surface area contributed by atoms with Crippen LogP contribution in [-0.4, -0.2) is 22.9 Å². The van der Waals surface area contributed by atoms with Gasteiger partial charge in [-0.1, -0.05) is 12.1 Å². The molecule has 2 rings (SSSR count). The fourth-order valence-corrected chi connectivity index (χ4v) is 2.15. The van der Waals surface area contributed by atoms with Gasteiger partial charge in [-0.05, 0) is 38.4 Å². The van der Waals surface area contributed by atoms with E-state index in [-0.39, 0.29) is 10.6 Å². The van der Waals surface area contributed by atoms with Crippen molar-refractivity contribution >= 4 is 5.69 Å². The first-order valence-electron chi connectivity index (χ1n) is 5.63. The van der Waals surface area contributed by atoms with Crippen molar-refractivity contribution in [1.82, 2.24) is 4.90 Å². The molecule has 1 heterocycles. The molecule has 1 aromatic carbocycles. The summed E-state index contributed by atoms with van der Waals surface area (Å²) in [6.45, 7) is 4.84. The van der Waals surface area contributed by atoms with Gasteiger partial charge < -0.3 is 0 Å². The van der Waals surface area contributed by atoms with Crippen molar-refractivity contribution in [2.75, 3.05) is 13.1 Å². The number of hydrogen-bond acceptors (Lipinski definition) is 3. The van der Waals surface area contributed by atoms with E-state index >= 15 is 0 Å². The van der Waals surface area contributed by atoms with E-state index in [0.29, 0.717) is 0 Å². The fourth-order valence-electron chi connectivity index (χ4n) is 2.15. The van der Waals surface area contributed by atoms with Crippen molar-refractivity contribution in [3.05, 3.63) is 39.4 Å². The number of nitrogens with zero attached hydrogens (tertiary/aromatic N) is 2. The molecule has 1 aromatic rings. The average Bonchev–Trinajstić information content (AvgIpc) is 2.73. The molecule has 0 N–H and O–H groups in total. The van der Waals surface area contributed by atoms with Crippen LogP contribution in [0.3, 0.4) is 0 Å². The van der Waals surface area contributed by atoms with Crippen molar-refractivity contribution in [3.63, 3.8) is 0 Å². The Hall–Kier alpha value is -1.42. The highest BCUT2D eigenvalue weighted by atomic mass is 16.6. The summed E-state index contributed by atoms with van der Waals surface area (Å²) in [7, 11) is 0. The van der Waals surface area contributed by atoms with Gasteiger partial charge in [0, 0.05) is 18.2 Å². The van der Waals surface area contributed by atoms with Crippen LogP contribution in [0.1, 0.15) is 24.0 Å². The number of aryl methyl sites for hydroxylation is 1. The minimum Gasteiger partial charge on any atom is -0.299 e. The van der Waals surface area contributed by atoms with Crippen LogP contribution in [0, 0.1) is 17.0 Å². The van der Waals surface area contributed by atoms with Crippen molar-refractivity contribution in [2.45, 2.75) is 26.3 Å². The van der Waals surface area contributed by atoms with Crippen LogP contribution in [0.2, 0.25) is 0 Å². The van der Waals surface area contributed by atoms with Crippen LogP contribution in [0.25, 0.3) is 0 Å². The van der Waals surface area contributed by atoms with Crippen LogP contribution < -0.4 is 0 Å². The number of rotatable bonds is 3. The molecule has 86 valence electrons. The van der Waals surface area contributed by atoms with Crippen LogP contribution in [-0.2, 0) is 6.54 Å². The molecule has 1 fully saturated rings. The number of hydrogen-bond donors (Lipinski definition) is 0. The van der Waals surface area contributed by atoms with E-state index in [4.69, 9.17) is 0 Å². The van der Waals surface area contributed by atoms with Gasteiger partial charge in [0.2, 0.25) is 0 Å². The fraction of sp³-hybridized carbons (Fsp3) is 0.500. The second-order valence-electron chi connectivity index (χ2n) is 4.36. The van der Waals surface area contributed by atoms with Gasteiger partial charge in [-0.25, -0.2) is 0 Å². The molecule has 0 atom stereocenters. The van der Waals surface area contributed by atoms with Crippen LogP contribution in [0.5, 0.6) is 0 Å². The summed E-state index contributed by atoms with van der Waals surface area (Å²) in [5, 5.41) is 10.8. The maximum absolute atomic E-state index is 10.8. The Kier molecular flexibility index (Phi) is 3.19. The zero-order chi connectivity index (χ0) is 11.5. The zero-order valence-corrected chi connectivity index (χ0v) is 9.48. The Balaban J connectivity index is 2.15. The van der Waals surface area contributed by atoms with Gasteiger partial charge in [0.15, 0.2) is 0 Å². The smallest absolute Gasteiger partial charge is 0.272 e. The molecule has 1 aliphatic rings. The number of nitro benzene ring substituents is 1. The summed E-state index contributed by atoms with van der Waals surface area (Å²) in [6.07, 6.45) is 2.49. The maximum atomic E-state index is 10.8. The van der Waals surface area contributed by atoms with Crippen LogP contribution in [0.4, 0.5) is 5.69 Å². The molecule has 4 nitrogen and oxygen atoms in total. The predicted molar refractivity (Wildman–Crippen MR) is 62.3 cm³/mol. The van der Waals surface area contributed by atoms with E-state index in [1.165, 1.54) is 12.8 Å². The highest BCUT2D eigenvalue weighted by molar-refractivity contribution is 5.42. The quantitative estimate of drug-likeness (QED) is 0.580. The lowest BCUT2D eigenvalue weighted by Gasteiger charge is -2.14. The standard InChI is InChI=1S/C12H16N2O2/c1-10-4-5-11(8-12(10)14(15)16)9-13-6-2-3-7-13/h4-5,8H,2-3,6-7,9H2,1H3. The zero-order valence-electron chi connectivity index (χ0n) is 9.48. The molecule has 0 spiro atoms. The van der Waals surface area contributed by atoms with E-state index in [2.05, 4.69) is 4.90 Å². The Morgan fingerprint density at radius 2 is 2.06 bits per heavy atom. The van der Waals surface area contributed by atoms with Gasteiger partial charge in [-0.15, -0.1) is 0 Å². The average molecular weight is 220 g/mol. The van der Waals surface area contributed by atoms with Gasteiger partial charge >= 0.3 is 0 Å². The molecular formula is C12H16N2O2. The third-order valence-electron chi connectivity index (χ3n) is 3.08. The van der Waals surface area contributed by atoms with E-state index in [1.807, 2.05) is 12.1 Å². The van der Waals surface area contributed by atoms with E-state index in [9.17, 15) is 10.1 Å². The predicted octanol–water partition coefficient (Wildman–Crippen LogP) is 2.50. The first-order chi connectivity index (χ1) is 7.66. The lowest BCUT2D eigenvalue weighted by atomic mass is 10.1. The van der Waals surface area contributed by atoms with Crippen LogP contribution >= 0.6 is 0 Å². The molecule has 1 aliphatic heterocycles. The first kappa shape index (κ1) is 11.1. The minimum absolute atomic E-state index is 0.233. The summed E-state index contributed by atoms with van der Waals surface area (Å²) < 4.78 is 0. The summed E-state index contributed by atoms with van der Waals surface area (Å²) in [4.78, 5) is 12.8. The number of likely N-dealkylation sites (tertiary alicyclic amines) is 1. The van der Waals surface area contributed by atoms with Gasteiger partial charge in [0.1, 0.15) is 0 Å². The topological polar surface area (TPSA) is 46.4 Å². The second kappa shape index (κ2) is 4.61. The lowest BCUT2D eigenvalue weighted by Crippen LogP contribution is -2.18. The third kappa shape index (κ3) is 2.39. The summed E-state index contributed by atoms with van der Waals surface area (Å²) in [5.74, 6) is 0. The Morgan fingerprint density at radius 3 is 2.69 bits per heavy atom. The maximum Gasteiger partial charge on any atom is 0.272 e. The molecular weight excluding hydrogens is 204 g/mol. The summed E-state index contributed by atoms with van der Waals surface area (Å²) >= 11 is 0. The monoisotopic (exact) mass is 220 g/mol. The van der Waals surface area contributed by atoms with Gasteiger partial charge in [-0.3, -0.25) is 15.0 Å². The molecule has 0 aliphatic carbocycles. The second-order valence-corrected chi connectivity index (χ2v) is 4.36. The van der Waals surface area contributed by atoms with Crippen molar-refractivity contribution in [2.24, 2.45) is 0 Å². The SMILES string of the molecule is Cc1ccc(CN2CCCC2)cc1[N+](=O)[O-]. The number of nitro groups is 1. The Bertz CT molecular complexity index is 398. The normalized spacial score (nSPS) is 16.6. The van der Waals surface area contributed by atoms with Crippen molar-refractivity contribution in [3.8, 4) is 0 Å².